The van der Waals surface area contributed by atoms with Gasteiger partial charge >= 0.3 is 0 Å². The Bertz CT molecular complexity index is 897. The summed E-state index contributed by atoms with van der Waals surface area (Å²) in [5.41, 5.74) is 1.41. The number of rotatable bonds is 6. The summed E-state index contributed by atoms with van der Waals surface area (Å²) in [6.07, 6.45) is 4.02. The van der Waals surface area contributed by atoms with Crippen LogP contribution in [-0.4, -0.2) is 17.6 Å². The minimum Gasteiger partial charge on any atom is -0.497 e. The van der Waals surface area contributed by atoms with Crippen LogP contribution in [0.1, 0.15) is 18.0 Å². The molecule has 2 aromatic carbocycles. The summed E-state index contributed by atoms with van der Waals surface area (Å²) < 4.78 is 20.5. The van der Waals surface area contributed by atoms with E-state index in [1.165, 1.54) is 18.2 Å². The lowest BCUT2D eigenvalue weighted by atomic mass is 10.0. The molecule has 0 fully saturated rings. The van der Waals surface area contributed by atoms with Crippen LogP contribution in [0.3, 0.4) is 0 Å². The van der Waals surface area contributed by atoms with Gasteiger partial charge in [0, 0.05) is 18.1 Å². The molecule has 0 saturated carbocycles. The second-order valence-electron chi connectivity index (χ2n) is 5.80. The number of carbonyl (C=O) groups excluding carboxylic acids is 1. The van der Waals surface area contributed by atoms with Crippen molar-refractivity contribution >= 4 is 23.2 Å². The maximum Gasteiger partial charge on any atom is 0.226 e. The molecule has 3 rings (SSSR count). The minimum atomic E-state index is -0.522. The average molecular weight is 373 g/mol. The van der Waals surface area contributed by atoms with Gasteiger partial charge in [0.15, 0.2) is 0 Å². The Hall–Kier alpha value is -2.79. The van der Waals surface area contributed by atoms with Crippen LogP contribution in [0.5, 0.6) is 5.75 Å². The van der Waals surface area contributed by atoms with Crippen molar-refractivity contribution in [2.75, 3.05) is 12.4 Å². The van der Waals surface area contributed by atoms with E-state index in [0.717, 1.165) is 11.3 Å². The van der Waals surface area contributed by atoms with E-state index < -0.39 is 5.82 Å². The minimum absolute atomic E-state index is 0.0300. The first-order valence-electron chi connectivity index (χ1n) is 8.08. The van der Waals surface area contributed by atoms with Crippen LogP contribution >= 0.6 is 11.6 Å². The van der Waals surface area contributed by atoms with E-state index in [1.807, 2.05) is 53.4 Å². The van der Waals surface area contributed by atoms with Crippen molar-refractivity contribution in [2.24, 2.45) is 0 Å². The molecule has 1 atom stereocenters. The van der Waals surface area contributed by atoms with E-state index in [2.05, 4.69) is 5.32 Å². The zero-order valence-electron chi connectivity index (χ0n) is 14.2. The van der Waals surface area contributed by atoms with Gasteiger partial charge in [-0.05, 0) is 48.0 Å². The molecular formula is C20H18ClFN2O2. The Morgan fingerprint density at radius 1 is 1.19 bits per heavy atom. The molecule has 3 aromatic rings. The summed E-state index contributed by atoms with van der Waals surface area (Å²) >= 11 is 5.77. The molecule has 1 aromatic heterocycles. The van der Waals surface area contributed by atoms with E-state index >= 15 is 0 Å². The molecule has 134 valence electrons. The molecule has 1 amide bonds. The first-order chi connectivity index (χ1) is 12.6. The third-order valence-corrected chi connectivity index (χ3v) is 4.34. The Morgan fingerprint density at radius 3 is 2.65 bits per heavy atom. The fourth-order valence-electron chi connectivity index (χ4n) is 2.76. The lowest BCUT2D eigenvalue weighted by Crippen LogP contribution is -2.19. The molecular weight excluding hydrogens is 355 g/mol. The lowest BCUT2D eigenvalue weighted by Gasteiger charge is -2.20. The summed E-state index contributed by atoms with van der Waals surface area (Å²) in [5, 5.41) is 2.74. The molecule has 26 heavy (non-hydrogen) atoms. The van der Waals surface area contributed by atoms with Crippen molar-refractivity contribution < 1.29 is 13.9 Å². The van der Waals surface area contributed by atoms with Crippen molar-refractivity contribution in [1.29, 1.82) is 0 Å². The Labute approximate surface area is 156 Å². The zero-order chi connectivity index (χ0) is 18.5. The van der Waals surface area contributed by atoms with Crippen LogP contribution in [-0.2, 0) is 4.79 Å². The van der Waals surface area contributed by atoms with Crippen molar-refractivity contribution in [2.45, 2.75) is 12.5 Å². The van der Waals surface area contributed by atoms with E-state index in [-0.39, 0.29) is 23.4 Å². The molecule has 6 heteroatoms. The van der Waals surface area contributed by atoms with Gasteiger partial charge in [-0.15, -0.1) is 0 Å². The molecule has 0 saturated heterocycles. The maximum absolute atomic E-state index is 13.3. The number of ether oxygens (including phenoxy) is 1. The van der Waals surface area contributed by atoms with Gasteiger partial charge in [-0.2, -0.15) is 0 Å². The van der Waals surface area contributed by atoms with Crippen molar-refractivity contribution in [3.05, 3.63) is 83.4 Å². The number of methoxy groups -OCH3 is 1. The number of benzene rings is 2. The van der Waals surface area contributed by atoms with Crippen molar-refractivity contribution in [3.8, 4) is 5.75 Å². The van der Waals surface area contributed by atoms with E-state index in [9.17, 15) is 9.18 Å². The maximum atomic E-state index is 13.3. The fraction of sp³-hybridized carbons (Fsp3) is 0.150. The zero-order valence-corrected chi connectivity index (χ0v) is 14.9. The van der Waals surface area contributed by atoms with Crippen molar-refractivity contribution in [1.82, 2.24) is 4.57 Å². The highest BCUT2D eigenvalue weighted by Gasteiger charge is 2.18. The number of amides is 1. The van der Waals surface area contributed by atoms with Crippen LogP contribution in [0.15, 0.2) is 67.0 Å². The van der Waals surface area contributed by atoms with Gasteiger partial charge in [-0.3, -0.25) is 4.79 Å². The van der Waals surface area contributed by atoms with Crippen LogP contribution in [0.4, 0.5) is 10.1 Å². The van der Waals surface area contributed by atoms with Crippen LogP contribution in [0.2, 0.25) is 5.02 Å². The number of halogens is 2. The predicted octanol–water partition coefficient (Wildman–Crippen LogP) is 4.91. The lowest BCUT2D eigenvalue weighted by molar-refractivity contribution is -0.116. The van der Waals surface area contributed by atoms with Crippen LogP contribution in [0.25, 0.3) is 0 Å². The highest BCUT2D eigenvalue weighted by Crippen LogP contribution is 2.27. The third kappa shape index (κ3) is 4.24. The molecule has 1 N–H and O–H groups in total. The molecule has 0 unspecified atom stereocenters. The largest absolute Gasteiger partial charge is 0.497 e. The molecule has 0 spiro atoms. The van der Waals surface area contributed by atoms with Crippen LogP contribution < -0.4 is 10.1 Å². The Balaban J connectivity index is 1.81. The predicted molar refractivity (Wildman–Crippen MR) is 100 cm³/mol. The normalized spacial score (nSPS) is 11.8. The summed E-state index contributed by atoms with van der Waals surface area (Å²) in [5.74, 6) is 0.00541. The van der Waals surface area contributed by atoms with Gasteiger partial charge in [0.2, 0.25) is 5.91 Å². The highest BCUT2D eigenvalue weighted by molar-refractivity contribution is 6.31. The van der Waals surface area contributed by atoms with Gasteiger partial charge < -0.3 is 14.6 Å². The van der Waals surface area contributed by atoms with E-state index in [1.54, 1.807) is 7.11 Å². The summed E-state index contributed by atoms with van der Waals surface area (Å²) in [4.78, 5) is 12.5. The number of carbonyl (C=O) groups is 1. The number of nitrogens with one attached hydrogen (secondary N) is 1. The number of hydrogen-bond donors (Lipinski definition) is 1. The van der Waals surface area contributed by atoms with E-state index in [4.69, 9.17) is 16.3 Å². The highest BCUT2D eigenvalue weighted by atomic mass is 35.5. The van der Waals surface area contributed by atoms with Crippen LogP contribution in [0, 0.1) is 5.82 Å². The smallest absolute Gasteiger partial charge is 0.226 e. The average Bonchev–Trinajstić information content (AvgIpc) is 3.17. The van der Waals surface area contributed by atoms with Gasteiger partial charge in [0.1, 0.15) is 11.6 Å². The Kier molecular flexibility index (Phi) is 5.58. The molecule has 1 heterocycles. The topological polar surface area (TPSA) is 43.3 Å². The van der Waals surface area contributed by atoms with Gasteiger partial charge in [0.05, 0.1) is 24.6 Å². The SMILES string of the molecule is COc1cccc([C@H](CC(=O)Nc2ccc(F)c(Cl)c2)n2cccc2)c1. The monoisotopic (exact) mass is 372 g/mol. The van der Waals surface area contributed by atoms with Gasteiger partial charge in [0.25, 0.3) is 0 Å². The second kappa shape index (κ2) is 8.06. The molecule has 0 aliphatic carbocycles. The number of anilines is 1. The summed E-state index contributed by atoms with van der Waals surface area (Å²) in [6, 6.07) is 15.3. The second-order valence-corrected chi connectivity index (χ2v) is 6.21. The standard InChI is InChI=1S/C20H18ClFN2O2/c1-26-16-6-4-5-14(11-16)19(24-9-2-3-10-24)13-20(25)23-15-7-8-18(22)17(21)12-15/h2-12,19H,13H2,1H3,(H,23,25)/t19-/m0/s1. The molecule has 4 nitrogen and oxygen atoms in total. The molecule has 0 radical (unpaired) electrons. The fourth-order valence-corrected chi connectivity index (χ4v) is 2.94. The first kappa shape index (κ1) is 18.0. The van der Waals surface area contributed by atoms with E-state index in [0.29, 0.717) is 5.69 Å². The Morgan fingerprint density at radius 2 is 1.96 bits per heavy atom. The van der Waals surface area contributed by atoms with Crippen molar-refractivity contribution in [3.63, 3.8) is 0 Å². The molecule has 0 bridgehead atoms. The van der Waals surface area contributed by atoms with Gasteiger partial charge in [-0.1, -0.05) is 23.7 Å². The number of aromatic nitrogens is 1. The molecule has 0 aliphatic heterocycles. The summed E-state index contributed by atoms with van der Waals surface area (Å²) in [6.45, 7) is 0. The first-order valence-corrected chi connectivity index (χ1v) is 8.46. The summed E-state index contributed by atoms with van der Waals surface area (Å²) in [7, 11) is 1.61. The number of nitrogens with zero attached hydrogens (tertiary/aromatic N) is 1. The van der Waals surface area contributed by atoms with Gasteiger partial charge in [-0.25, -0.2) is 4.39 Å². The number of hydrogen-bond acceptors (Lipinski definition) is 2. The third-order valence-electron chi connectivity index (χ3n) is 4.05. The quantitative estimate of drug-likeness (QED) is 0.668. The molecule has 0 aliphatic rings.